The molecule has 1 fully saturated rings. The largest absolute Gasteiger partial charge is 0.479 e. The average molecular weight is 268 g/mol. The third-order valence-corrected chi connectivity index (χ3v) is 3.94. The number of carbonyl (C=O) groups is 1. The number of ether oxygens (including phenoxy) is 1. The van der Waals surface area contributed by atoms with Crippen LogP contribution in [-0.2, 0) is 21.5 Å². The third-order valence-electron chi connectivity index (χ3n) is 3.94. The monoisotopic (exact) mass is 268 g/mol. The minimum atomic E-state index is -1.06. The van der Waals surface area contributed by atoms with Gasteiger partial charge in [-0.25, -0.2) is 9.48 Å². The normalized spacial score (nSPS) is 19.8. The van der Waals surface area contributed by atoms with E-state index in [4.69, 9.17) is 4.74 Å². The highest BCUT2D eigenvalue weighted by molar-refractivity contribution is 5.76. The van der Waals surface area contributed by atoms with Gasteiger partial charge in [-0.3, -0.25) is 0 Å². The van der Waals surface area contributed by atoms with E-state index in [1.807, 2.05) is 13.8 Å². The first-order valence-corrected chi connectivity index (χ1v) is 6.76. The molecule has 1 aliphatic heterocycles. The van der Waals surface area contributed by atoms with Gasteiger partial charge in [0, 0.05) is 13.0 Å². The van der Waals surface area contributed by atoms with Gasteiger partial charge in [0.05, 0.1) is 6.10 Å². The standard InChI is InChI=1S/C12H20N4O3/c1-3-12(4-2,11(17)18)16-10(13-14-15-16)8-9-6-5-7-19-9/h9H,3-8H2,1-2H3,(H,17,18). The van der Waals surface area contributed by atoms with Gasteiger partial charge in [0.15, 0.2) is 11.4 Å². The molecule has 1 aromatic heterocycles. The first-order chi connectivity index (χ1) is 9.14. The lowest BCUT2D eigenvalue weighted by Crippen LogP contribution is -2.43. The zero-order valence-electron chi connectivity index (χ0n) is 11.4. The summed E-state index contributed by atoms with van der Waals surface area (Å²) in [4.78, 5) is 11.6. The van der Waals surface area contributed by atoms with Crippen LogP contribution in [-0.4, -0.2) is 44.0 Å². The smallest absolute Gasteiger partial charge is 0.331 e. The highest BCUT2D eigenvalue weighted by Gasteiger charge is 2.40. The van der Waals surface area contributed by atoms with Crippen LogP contribution in [0.25, 0.3) is 0 Å². The molecule has 1 aromatic rings. The molecule has 0 bridgehead atoms. The van der Waals surface area contributed by atoms with E-state index in [1.165, 1.54) is 4.68 Å². The summed E-state index contributed by atoms with van der Waals surface area (Å²) in [6.45, 7) is 4.45. The summed E-state index contributed by atoms with van der Waals surface area (Å²) in [5.41, 5.74) is -1.06. The molecule has 0 saturated carbocycles. The molecule has 2 rings (SSSR count). The molecule has 0 spiro atoms. The Labute approximate surface area is 111 Å². The molecule has 0 radical (unpaired) electrons. The highest BCUT2D eigenvalue weighted by atomic mass is 16.5. The molecule has 2 heterocycles. The topological polar surface area (TPSA) is 90.1 Å². The van der Waals surface area contributed by atoms with Crippen LogP contribution in [0.5, 0.6) is 0 Å². The Bertz CT molecular complexity index is 436. The summed E-state index contributed by atoms with van der Waals surface area (Å²) in [5.74, 6) is -0.295. The van der Waals surface area contributed by atoms with Gasteiger partial charge in [-0.05, 0) is 36.1 Å². The maximum absolute atomic E-state index is 11.6. The van der Waals surface area contributed by atoms with Gasteiger partial charge in [-0.1, -0.05) is 13.8 Å². The van der Waals surface area contributed by atoms with Crippen molar-refractivity contribution in [2.24, 2.45) is 0 Å². The second kappa shape index (κ2) is 5.64. The molecule has 0 aromatic carbocycles. The van der Waals surface area contributed by atoms with E-state index in [-0.39, 0.29) is 6.10 Å². The molecule has 19 heavy (non-hydrogen) atoms. The van der Waals surface area contributed by atoms with E-state index in [0.29, 0.717) is 25.1 Å². The lowest BCUT2D eigenvalue weighted by molar-refractivity contribution is -0.149. The van der Waals surface area contributed by atoms with E-state index in [1.54, 1.807) is 0 Å². The number of nitrogens with zero attached hydrogens (tertiary/aromatic N) is 4. The number of hydrogen-bond donors (Lipinski definition) is 1. The molecule has 0 amide bonds. The predicted molar refractivity (Wildman–Crippen MR) is 66.7 cm³/mol. The number of hydrogen-bond acceptors (Lipinski definition) is 5. The molecule has 1 saturated heterocycles. The minimum absolute atomic E-state index is 0.102. The summed E-state index contributed by atoms with van der Waals surface area (Å²) in [5, 5.41) is 21.1. The van der Waals surface area contributed by atoms with Gasteiger partial charge in [-0.2, -0.15) is 0 Å². The lowest BCUT2D eigenvalue weighted by atomic mass is 9.93. The Morgan fingerprint density at radius 2 is 2.26 bits per heavy atom. The number of aliphatic carboxylic acids is 1. The van der Waals surface area contributed by atoms with Crippen molar-refractivity contribution in [2.75, 3.05) is 6.61 Å². The number of rotatable bonds is 6. The number of carboxylic acid groups (broad SMARTS) is 1. The van der Waals surface area contributed by atoms with Crippen molar-refractivity contribution < 1.29 is 14.6 Å². The van der Waals surface area contributed by atoms with E-state index in [2.05, 4.69) is 15.5 Å². The van der Waals surface area contributed by atoms with E-state index in [9.17, 15) is 9.90 Å². The number of aromatic nitrogens is 4. The zero-order valence-corrected chi connectivity index (χ0v) is 11.4. The quantitative estimate of drug-likeness (QED) is 0.827. The van der Waals surface area contributed by atoms with Crippen LogP contribution < -0.4 is 0 Å². The molecular formula is C12H20N4O3. The van der Waals surface area contributed by atoms with Crippen LogP contribution in [0.3, 0.4) is 0 Å². The predicted octanol–water partition coefficient (Wildman–Crippen LogP) is 0.994. The zero-order chi connectivity index (χ0) is 13.9. The van der Waals surface area contributed by atoms with Crippen molar-refractivity contribution in [3.8, 4) is 0 Å². The lowest BCUT2D eigenvalue weighted by Gasteiger charge is -2.27. The Kier molecular flexibility index (Phi) is 4.14. The Morgan fingerprint density at radius 3 is 2.79 bits per heavy atom. The summed E-state index contributed by atoms with van der Waals surface area (Å²) in [7, 11) is 0. The third kappa shape index (κ3) is 2.47. The summed E-state index contributed by atoms with van der Waals surface area (Å²) < 4.78 is 7.03. The Balaban J connectivity index is 2.28. The van der Waals surface area contributed by atoms with Gasteiger partial charge in [0.25, 0.3) is 0 Å². The molecule has 1 unspecified atom stereocenters. The molecule has 7 nitrogen and oxygen atoms in total. The molecular weight excluding hydrogens is 248 g/mol. The van der Waals surface area contributed by atoms with Crippen LogP contribution in [0.15, 0.2) is 0 Å². The fourth-order valence-electron chi connectivity index (χ4n) is 2.62. The fourth-order valence-corrected chi connectivity index (χ4v) is 2.62. The van der Waals surface area contributed by atoms with Crippen LogP contribution in [0.4, 0.5) is 0 Å². The average Bonchev–Trinajstić information content (AvgIpc) is 3.04. The SMILES string of the molecule is CCC(CC)(C(=O)O)n1nnnc1CC1CCCO1. The molecule has 1 atom stereocenters. The van der Waals surface area contributed by atoms with E-state index < -0.39 is 11.5 Å². The van der Waals surface area contributed by atoms with Crippen LogP contribution in [0.2, 0.25) is 0 Å². The minimum Gasteiger partial charge on any atom is -0.479 e. The molecule has 7 heteroatoms. The van der Waals surface area contributed by atoms with Crippen molar-refractivity contribution >= 4 is 5.97 Å². The second-order valence-electron chi connectivity index (χ2n) is 4.89. The van der Waals surface area contributed by atoms with E-state index >= 15 is 0 Å². The first-order valence-electron chi connectivity index (χ1n) is 6.76. The van der Waals surface area contributed by atoms with Crippen LogP contribution in [0.1, 0.15) is 45.4 Å². The van der Waals surface area contributed by atoms with Crippen molar-refractivity contribution in [1.82, 2.24) is 20.2 Å². The first kappa shape index (κ1) is 13.9. The summed E-state index contributed by atoms with van der Waals surface area (Å²) >= 11 is 0. The fraction of sp³-hybridized carbons (Fsp3) is 0.833. The van der Waals surface area contributed by atoms with Crippen molar-refractivity contribution in [1.29, 1.82) is 0 Å². The molecule has 1 aliphatic rings. The number of tetrazole rings is 1. The van der Waals surface area contributed by atoms with Gasteiger partial charge in [0.2, 0.25) is 0 Å². The van der Waals surface area contributed by atoms with E-state index in [0.717, 1.165) is 19.4 Å². The maximum atomic E-state index is 11.6. The van der Waals surface area contributed by atoms with Crippen molar-refractivity contribution in [2.45, 2.75) is 57.6 Å². The van der Waals surface area contributed by atoms with Gasteiger partial charge < -0.3 is 9.84 Å². The van der Waals surface area contributed by atoms with Crippen LogP contribution >= 0.6 is 0 Å². The maximum Gasteiger partial charge on any atom is 0.331 e. The second-order valence-corrected chi connectivity index (χ2v) is 4.89. The van der Waals surface area contributed by atoms with Gasteiger partial charge in [0.1, 0.15) is 0 Å². The van der Waals surface area contributed by atoms with Gasteiger partial charge in [-0.15, -0.1) is 5.10 Å². The van der Waals surface area contributed by atoms with Crippen molar-refractivity contribution in [3.63, 3.8) is 0 Å². The Morgan fingerprint density at radius 1 is 1.53 bits per heavy atom. The van der Waals surface area contributed by atoms with Gasteiger partial charge >= 0.3 is 5.97 Å². The summed E-state index contributed by atoms with van der Waals surface area (Å²) in [6.07, 6.45) is 3.58. The number of carboxylic acids is 1. The van der Waals surface area contributed by atoms with Crippen molar-refractivity contribution in [3.05, 3.63) is 5.82 Å². The molecule has 0 aliphatic carbocycles. The molecule has 106 valence electrons. The summed E-state index contributed by atoms with van der Waals surface area (Å²) in [6, 6.07) is 0. The Hall–Kier alpha value is -1.50. The molecule has 1 N–H and O–H groups in total. The van der Waals surface area contributed by atoms with Crippen LogP contribution in [0, 0.1) is 0 Å². The highest BCUT2D eigenvalue weighted by Crippen LogP contribution is 2.27.